The fraction of sp³-hybridized carbons (Fsp3) is 0.350. The van der Waals surface area contributed by atoms with Gasteiger partial charge in [0.2, 0.25) is 10.0 Å². The van der Waals surface area contributed by atoms with Gasteiger partial charge in [-0.15, -0.1) is 0 Å². The minimum atomic E-state index is -4.24. The molecule has 0 aliphatic heterocycles. The van der Waals surface area contributed by atoms with E-state index in [9.17, 15) is 22.7 Å². The Labute approximate surface area is 164 Å². The third-order valence-electron chi connectivity index (χ3n) is 4.05. The maximum absolute atomic E-state index is 13.9. The monoisotopic (exact) mass is 408 g/mol. The molecule has 0 aliphatic carbocycles. The first-order valence-corrected chi connectivity index (χ1v) is 10.1. The second-order valence-electron chi connectivity index (χ2n) is 7.43. The second kappa shape index (κ2) is 8.28. The van der Waals surface area contributed by atoms with Crippen molar-refractivity contribution in [1.82, 2.24) is 4.72 Å². The SMILES string of the molecule is Cc1ccc(OCCNS(=O)(=O)c2cc(C(=O)[O-])ccc2F)c(C(C)(C)C)c1. The standard InChI is InChI=1S/C20H24FNO5S/c1-13-5-8-17(15(11-13)20(2,3)4)27-10-9-22-28(25,26)18-12-14(19(23)24)6-7-16(18)21/h5-8,11-12,22H,9-10H2,1-4H3,(H,23,24)/p-1. The molecule has 0 atom stereocenters. The molecule has 152 valence electrons. The van der Waals surface area contributed by atoms with Gasteiger partial charge in [0.05, 0.1) is 5.97 Å². The Morgan fingerprint density at radius 1 is 1.18 bits per heavy atom. The zero-order valence-corrected chi connectivity index (χ0v) is 17.0. The molecule has 0 fully saturated rings. The molecule has 8 heteroatoms. The molecule has 28 heavy (non-hydrogen) atoms. The van der Waals surface area contributed by atoms with E-state index in [4.69, 9.17) is 4.74 Å². The van der Waals surface area contributed by atoms with Crippen LogP contribution < -0.4 is 14.6 Å². The second-order valence-corrected chi connectivity index (χ2v) is 9.16. The van der Waals surface area contributed by atoms with Gasteiger partial charge in [-0.3, -0.25) is 0 Å². The fourth-order valence-corrected chi connectivity index (χ4v) is 3.72. The van der Waals surface area contributed by atoms with Crippen LogP contribution in [0.3, 0.4) is 0 Å². The van der Waals surface area contributed by atoms with Gasteiger partial charge in [0.1, 0.15) is 23.1 Å². The van der Waals surface area contributed by atoms with E-state index in [0.29, 0.717) is 5.75 Å². The lowest BCUT2D eigenvalue weighted by Gasteiger charge is -2.23. The maximum Gasteiger partial charge on any atom is 0.243 e. The van der Waals surface area contributed by atoms with Gasteiger partial charge >= 0.3 is 0 Å². The van der Waals surface area contributed by atoms with Crippen molar-refractivity contribution in [3.8, 4) is 5.75 Å². The van der Waals surface area contributed by atoms with Crippen LogP contribution in [-0.2, 0) is 15.4 Å². The molecule has 0 saturated heterocycles. The molecular weight excluding hydrogens is 385 g/mol. The normalized spacial score (nSPS) is 12.0. The summed E-state index contributed by atoms with van der Waals surface area (Å²) in [6.07, 6.45) is 0. The first-order chi connectivity index (χ1) is 12.9. The Balaban J connectivity index is 2.08. The summed E-state index contributed by atoms with van der Waals surface area (Å²) in [4.78, 5) is 10.1. The first kappa shape index (κ1) is 21.8. The van der Waals surface area contributed by atoms with E-state index in [-0.39, 0.29) is 18.6 Å². The number of carbonyl (C=O) groups excluding carboxylic acids is 1. The van der Waals surface area contributed by atoms with Crippen molar-refractivity contribution in [2.45, 2.75) is 38.0 Å². The van der Waals surface area contributed by atoms with Gasteiger partial charge in [-0.25, -0.2) is 17.5 Å². The molecular formula is C20H23FNO5S-. The molecule has 1 N–H and O–H groups in total. The quantitative estimate of drug-likeness (QED) is 0.709. The van der Waals surface area contributed by atoms with Crippen LogP contribution in [0.5, 0.6) is 5.75 Å². The average molecular weight is 408 g/mol. The Kier molecular flexibility index (Phi) is 6.46. The molecule has 0 heterocycles. The Bertz CT molecular complexity index is 981. The highest BCUT2D eigenvalue weighted by molar-refractivity contribution is 7.89. The average Bonchev–Trinajstić information content (AvgIpc) is 2.58. The smallest absolute Gasteiger partial charge is 0.243 e. The number of rotatable bonds is 7. The van der Waals surface area contributed by atoms with E-state index in [1.54, 1.807) is 0 Å². The summed E-state index contributed by atoms with van der Waals surface area (Å²) in [6.45, 7) is 8.02. The van der Waals surface area contributed by atoms with E-state index in [1.807, 2.05) is 45.9 Å². The lowest BCUT2D eigenvalue weighted by molar-refractivity contribution is -0.255. The number of carboxylic acid groups (broad SMARTS) is 1. The zero-order chi connectivity index (χ0) is 21.1. The molecule has 0 unspecified atom stereocenters. The Morgan fingerprint density at radius 3 is 2.46 bits per heavy atom. The van der Waals surface area contributed by atoms with Crippen LogP contribution in [0.1, 0.15) is 42.3 Å². The summed E-state index contributed by atoms with van der Waals surface area (Å²) < 4.78 is 46.4. The number of aromatic carboxylic acids is 1. The third-order valence-corrected chi connectivity index (χ3v) is 5.53. The van der Waals surface area contributed by atoms with Gasteiger partial charge in [-0.05, 0) is 41.7 Å². The maximum atomic E-state index is 13.9. The van der Waals surface area contributed by atoms with Crippen LogP contribution in [0.15, 0.2) is 41.3 Å². The summed E-state index contributed by atoms with van der Waals surface area (Å²) in [5.41, 5.74) is 1.49. The van der Waals surface area contributed by atoms with Crippen molar-refractivity contribution in [1.29, 1.82) is 0 Å². The highest BCUT2D eigenvalue weighted by atomic mass is 32.2. The lowest BCUT2D eigenvalue weighted by atomic mass is 9.85. The number of benzene rings is 2. The molecule has 0 bridgehead atoms. The molecule has 0 aliphatic rings. The van der Waals surface area contributed by atoms with Crippen molar-refractivity contribution in [3.63, 3.8) is 0 Å². The number of sulfonamides is 1. The van der Waals surface area contributed by atoms with Gasteiger partial charge in [-0.2, -0.15) is 0 Å². The van der Waals surface area contributed by atoms with Gasteiger partial charge in [0.25, 0.3) is 0 Å². The predicted molar refractivity (Wildman–Crippen MR) is 101 cm³/mol. The highest BCUT2D eigenvalue weighted by Gasteiger charge is 2.21. The van der Waals surface area contributed by atoms with E-state index in [2.05, 4.69) is 4.72 Å². The largest absolute Gasteiger partial charge is 0.545 e. The van der Waals surface area contributed by atoms with Crippen LogP contribution in [0.25, 0.3) is 0 Å². The summed E-state index contributed by atoms with van der Waals surface area (Å²) >= 11 is 0. The molecule has 0 radical (unpaired) electrons. The van der Waals surface area contributed by atoms with E-state index >= 15 is 0 Å². The minimum Gasteiger partial charge on any atom is -0.545 e. The summed E-state index contributed by atoms with van der Waals surface area (Å²) in [5, 5.41) is 10.9. The number of halogens is 1. The summed E-state index contributed by atoms with van der Waals surface area (Å²) in [6, 6.07) is 8.19. The number of carboxylic acids is 1. The number of nitrogens with one attached hydrogen (secondary N) is 1. The number of carbonyl (C=O) groups is 1. The van der Waals surface area contributed by atoms with Crippen molar-refractivity contribution < 1.29 is 27.4 Å². The van der Waals surface area contributed by atoms with Crippen LogP contribution in [0.4, 0.5) is 4.39 Å². The number of aryl methyl sites for hydroxylation is 1. The van der Waals surface area contributed by atoms with Gasteiger partial charge in [0, 0.05) is 6.54 Å². The van der Waals surface area contributed by atoms with Crippen LogP contribution in [0, 0.1) is 12.7 Å². The van der Waals surface area contributed by atoms with Gasteiger partial charge < -0.3 is 14.6 Å². The Hall–Kier alpha value is -2.45. The fourth-order valence-electron chi connectivity index (χ4n) is 2.61. The molecule has 6 nitrogen and oxygen atoms in total. The number of hydrogen-bond acceptors (Lipinski definition) is 5. The van der Waals surface area contributed by atoms with Crippen LogP contribution in [0.2, 0.25) is 0 Å². The highest BCUT2D eigenvalue weighted by Crippen LogP contribution is 2.32. The predicted octanol–water partition coefficient (Wildman–Crippen LogP) is 2.15. The molecule has 0 amide bonds. The Morgan fingerprint density at radius 2 is 1.86 bits per heavy atom. The van der Waals surface area contributed by atoms with E-state index < -0.39 is 32.3 Å². The summed E-state index contributed by atoms with van der Waals surface area (Å²) in [7, 11) is -4.24. The third kappa shape index (κ3) is 5.30. The number of ether oxygens (including phenoxy) is 1. The number of hydrogen-bond donors (Lipinski definition) is 1. The van der Waals surface area contributed by atoms with E-state index in [1.165, 1.54) is 0 Å². The molecule has 2 rings (SSSR count). The van der Waals surface area contributed by atoms with Crippen molar-refractivity contribution in [3.05, 3.63) is 58.9 Å². The van der Waals surface area contributed by atoms with Crippen molar-refractivity contribution in [2.75, 3.05) is 13.2 Å². The van der Waals surface area contributed by atoms with Gasteiger partial charge in [0.15, 0.2) is 0 Å². The van der Waals surface area contributed by atoms with E-state index in [0.717, 1.165) is 29.3 Å². The topological polar surface area (TPSA) is 95.5 Å². The van der Waals surface area contributed by atoms with Crippen molar-refractivity contribution >= 4 is 16.0 Å². The molecule has 0 aromatic heterocycles. The zero-order valence-electron chi connectivity index (χ0n) is 16.2. The van der Waals surface area contributed by atoms with Crippen LogP contribution >= 0.6 is 0 Å². The summed E-state index contributed by atoms with van der Waals surface area (Å²) in [5.74, 6) is -2.00. The lowest BCUT2D eigenvalue weighted by Crippen LogP contribution is -2.30. The van der Waals surface area contributed by atoms with Crippen LogP contribution in [-0.4, -0.2) is 27.5 Å². The molecule has 2 aromatic carbocycles. The molecule has 2 aromatic rings. The van der Waals surface area contributed by atoms with Gasteiger partial charge in [-0.1, -0.05) is 44.5 Å². The molecule has 0 saturated carbocycles. The minimum absolute atomic E-state index is 0.0210. The molecule has 0 spiro atoms. The van der Waals surface area contributed by atoms with Crippen molar-refractivity contribution in [2.24, 2.45) is 0 Å². The first-order valence-electron chi connectivity index (χ1n) is 8.66.